The van der Waals surface area contributed by atoms with Crippen molar-refractivity contribution in [1.82, 2.24) is 9.55 Å². The van der Waals surface area contributed by atoms with Crippen LogP contribution in [0.15, 0.2) is 49.1 Å². The predicted octanol–water partition coefficient (Wildman–Crippen LogP) is 8.78. The first kappa shape index (κ1) is 24.7. The number of benzene rings is 1. The van der Waals surface area contributed by atoms with Crippen molar-refractivity contribution in [1.29, 1.82) is 0 Å². The standard InChI is InChI=1S/C28H46N2/c1-3-5-6-7-8-9-10-11-12-13-17-21-27(24-26-19-15-14-16-20-26)28(18-4-2)30-23-22-29-25-30/h14-16,19-20,22-23,25,27-28H,3-13,17-18,21,24H2,1-2H3. The van der Waals surface area contributed by atoms with E-state index in [1.165, 1.54) is 102 Å². The fraction of sp³-hybridized carbons (Fsp3) is 0.679. The molecule has 1 heterocycles. The molecular formula is C28H46N2. The molecule has 1 aromatic heterocycles. The summed E-state index contributed by atoms with van der Waals surface area (Å²) in [5.74, 6) is 0.695. The number of hydrogen-bond acceptors (Lipinski definition) is 1. The van der Waals surface area contributed by atoms with Crippen LogP contribution in [0.3, 0.4) is 0 Å². The fourth-order valence-electron chi connectivity index (χ4n) is 4.81. The number of nitrogens with zero attached hydrogens (tertiary/aromatic N) is 2. The van der Waals surface area contributed by atoms with Crippen molar-refractivity contribution in [2.24, 2.45) is 5.92 Å². The molecule has 2 atom stereocenters. The van der Waals surface area contributed by atoms with Crippen molar-refractivity contribution < 1.29 is 0 Å². The smallest absolute Gasteiger partial charge is 0.0948 e. The van der Waals surface area contributed by atoms with E-state index in [9.17, 15) is 0 Å². The Hall–Kier alpha value is -1.57. The summed E-state index contributed by atoms with van der Waals surface area (Å²) in [4.78, 5) is 4.34. The highest BCUT2D eigenvalue weighted by Gasteiger charge is 2.22. The Kier molecular flexibility index (Phi) is 13.3. The molecule has 0 amide bonds. The molecule has 0 bridgehead atoms. The van der Waals surface area contributed by atoms with Crippen molar-refractivity contribution >= 4 is 0 Å². The number of rotatable bonds is 18. The van der Waals surface area contributed by atoms with Gasteiger partial charge in [0.15, 0.2) is 0 Å². The average Bonchev–Trinajstić information content (AvgIpc) is 3.30. The van der Waals surface area contributed by atoms with E-state index < -0.39 is 0 Å². The zero-order valence-corrected chi connectivity index (χ0v) is 19.8. The van der Waals surface area contributed by atoms with E-state index in [2.05, 4.69) is 59.9 Å². The SMILES string of the molecule is CCCCCCCCCCCCCC(Cc1ccccc1)C(CCC)n1ccnc1. The molecule has 30 heavy (non-hydrogen) atoms. The fourth-order valence-corrected chi connectivity index (χ4v) is 4.81. The number of hydrogen-bond donors (Lipinski definition) is 0. The van der Waals surface area contributed by atoms with Gasteiger partial charge in [-0.1, -0.05) is 121 Å². The first-order valence-electron chi connectivity index (χ1n) is 12.9. The molecule has 0 aliphatic heterocycles. The highest BCUT2D eigenvalue weighted by molar-refractivity contribution is 5.15. The normalized spacial score (nSPS) is 13.4. The largest absolute Gasteiger partial charge is 0.334 e. The summed E-state index contributed by atoms with van der Waals surface area (Å²) in [5, 5.41) is 0. The van der Waals surface area contributed by atoms with Crippen LogP contribution in [-0.4, -0.2) is 9.55 Å². The second-order valence-electron chi connectivity index (χ2n) is 9.14. The molecule has 0 saturated heterocycles. The number of unbranched alkanes of at least 4 members (excludes halogenated alkanes) is 10. The van der Waals surface area contributed by atoms with Crippen molar-refractivity contribution in [2.45, 2.75) is 116 Å². The molecule has 1 aromatic carbocycles. The molecule has 0 aliphatic rings. The van der Waals surface area contributed by atoms with Crippen LogP contribution in [0.2, 0.25) is 0 Å². The molecule has 0 aliphatic carbocycles. The second kappa shape index (κ2) is 16.2. The van der Waals surface area contributed by atoms with Crippen LogP contribution in [0.4, 0.5) is 0 Å². The van der Waals surface area contributed by atoms with Crippen molar-refractivity contribution in [3.05, 3.63) is 54.6 Å². The van der Waals surface area contributed by atoms with Gasteiger partial charge in [0.1, 0.15) is 0 Å². The summed E-state index contributed by atoms with van der Waals surface area (Å²) in [6, 6.07) is 11.7. The van der Waals surface area contributed by atoms with Gasteiger partial charge in [-0.25, -0.2) is 4.98 Å². The van der Waals surface area contributed by atoms with Crippen LogP contribution in [0.1, 0.15) is 115 Å². The monoisotopic (exact) mass is 410 g/mol. The second-order valence-corrected chi connectivity index (χ2v) is 9.14. The lowest BCUT2D eigenvalue weighted by Gasteiger charge is -2.28. The van der Waals surface area contributed by atoms with Gasteiger partial charge in [0.25, 0.3) is 0 Å². The van der Waals surface area contributed by atoms with Gasteiger partial charge in [-0.3, -0.25) is 0 Å². The molecule has 0 N–H and O–H groups in total. The topological polar surface area (TPSA) is 17.8 Å². The highest BCUT2D eigenvalue weighted by atomic mass is 15.1. The minimum atomic E-state index is 0.570. The predicted molar refractivity (Wildman–Crippen MR) is 131 cm³/mol. The van der Waals surface area contributed by atoms with Gasteiger partial charge >= 0.3 is 0 Å². The van der Waals surface area contributed by atoms with Gasteiger partial charge in [0.05, 0.1) is 6.33 Å². The molecular weight excluding hydrogens is 364 g/mol. The quantitative estimate of drug-likeness (QED) is 0.224. The molecule has 168 valence electrons. The summed E-state index contributed by atoms with van der Waals surface area (Å²) in [5.41, 5.74) is 1.48. The minimum Gasteiger partial charge on any atom is -0.334 e. The maximum absolute atomic E-state index is 4.34. The maximum atomic E-state index is 4.34. The lowest BCUT2D eigenvalue weighted by molar-refractivity contribution is 0.280. The lowest BCUT2D eigenvalue weighted by atomic mass is 9.85. The summed E-state index contributed by atoms with van der Waals surface area (Å²) >= 11 is 0. The Balaban J connectivity index is 1.75. The maximum Gasteiger partial charge on any atom is 0.0948 e. The summed E-state index contributed by atoms with van der Waals surface area (Å²) < 4.78 is 2.37. The van der Waals surface area contributed by atoms with Gasteiger partial charge in [-0.15, -0.1) is 0 Å². The third-order valence-corrected chi connectivity index (χ3v) is 6.56. The van der Waals surface area contributed by atoms with Gasteiger partial charge in [-0.05, 0) is 30.7 Å². The summed E-state index contributed by atoms with van der Waals surface area (Å²) in [6.45, 7) is 4.61. The molecule has 2 heteroatoms. The van der Waals surface area contributed by atoms with Crippen molar-refractivity contribution in [3.63, 3.8) is 0 Å². The Labute approximate surface area is 186 Å². The van der Waals surface area contributed by atoms with E-state index in [1.54, 1.807) is 0 Å². The molecule has 2 unspecified atom stereocenters. The van der Waals surface area contributed by atoms with Crippen molar-refractivity contribution in [3.8, 4) is 0 Å². The molecule has 0 saturated carbocycles. The van der Waals surface area contributed by atoms with Gasteiger partial charge < -0.3 is 4.57 Å². The Morgan fingerprint density at radius 1 is 0.733 bits per heavy atom. The van der Waals surface area contributed by atoms with E-state index in [-0.39, 0.29) is 0 Å². The number of imidazole rings is 1. The van der Waals surface area contributed by atoms with E-state index in [1.807, 2.05) is 12.5 Å². The van der Waals surface area contributed by atoms with Crippen molar-refractivity contribution in [2.75, 3.05) is 0 Å². The molecule has 0 fully saturated rings. The zero-order chi connectivity index (χ0) is 21.3. The third-order valence-electron chi connectivity index (χ3n) is 6.56. The molecule has 2 nitrogen and oxygen atoms in total. The van der Waals surface area contributed by atoms with Crippen LogP contribution in [-0.2, 0) is 6.42 Å². The Morgan fingerprint density at radius 2 is 1.37 bits per heavy atom. The first-order valence-corrected chi connectivity index (χ1v) is 12.9. The van der Waals surface area contributed by atoms with Crippen LogP contribution in [0.25, 0.3) is 0 Å². The van der Waals surface area contributed by atoms with Gasteiger partial charge in [0.2, 0.25) is 0 Å². The molecule has 2 rings (SSSR count). The van der Waals surface area contributed by atoms with E-state index >= 15 is 0 Å². The highest BCUT2D eigenvalue weighted by Crippen LogP contribution is 2.31. The Bertz CT molecular complexity index is 605. The number of aromatic nitrogens is 2. The summed E-state index contributed by atoms with van der Waals surface area (Å²) in [7, 11) is 0. The average molecular weight is 411 g/mol. The van der Waals surface area contributed by atoms with E-state index in [4.69, 9.17) is 0 Å². The van der Waals surface area contributed by atoms with Crippen LogP contribution < -0.4 is 0 Å². The van der Waals surface area contributed by atoms with E-state index in [0.717, 1.165) is 0 Å². The molecule has 0 radical (unpaired) electrons. The lowest BCUT2D eigenvalue weighted by Crippen LogP contribution is -2.21. The third kappa shape index (κ3) is 9.96. The summed E-state index contributed by atoms with van der Waals surface area (Å²) in [6.07, 6.45) is 26.7. The molecule has 2 aromatic rings. The van der Waals surface area contributed by atoms with Crippen LogP contribution >= 0.6 is 0 Å². The molecule has 0 spiro atoms. The van der Waals surface area contributed by atoms with Crippen LogP contribution in [0.5, 0.6) is 0 Å². The minimum absolute atomic E-state index is 0.570. The van der Waals surface area contributed by atoms with Crippen LogP contribution in [0, 0.1) is 5.92 Å². The first-order chi connectivity index (χ1) is 14.8. The van der Waals surface area contributed by atoms with E-state index in [0.29, 0.717) is 12.0 Å². The van der Waals surface area contributed by atoms with Gasteiger partial charge in [0, 0.05) is 18.4 Å². The zero-order valence-electron chi connectivity index (χ0n) is 19.8. The Morgan fingerprint density at radius 3 is 1.93 bits per heavy atom. The van der Waals surface area contributed by atoms with Gasteiger partial charge in [-0.2, -0.15) is 0 Å².